The van der Waals surface area contributed by atoms with E-state index in [1.165, 1.54) is 11.1 Å². The molecule has 0 amide bonds. The van der Waals surface area contributed by atoms with Gasteiger partial charge in [0.2, 0.25) is 0 Å². The molecule has 100 valence electrons. The van der Waals surface area contributed by atoms with Crippen LogP contribution in [0.3, 0.4) is 0 Å². The van der Waals surface area contributed by atoms with Crippen LogP contribution in [0.1, 0.15) is 31.9 Å². The fourth-order valence-corrected chi connectivity index (χ4v) is 2.18. The van der Waals surface area contributed by atoms with Crippen LogP contribution in [0.15, 0.2) is 48.5 Å². The quantitative estimate of drug-likeness (QED) is 0.662. The van der Waals surface area contributed by atoms with Crippen molar-refractivity contribution < 1.29 is 4.74 Å². The van der Waals surface area contributed by atoms with Gasteiger partial charge in [0.05, 0.1) is 0 Å². The molecule has 0 spiro atoms. The van der Waals surface area contributed by atoms with Gasteiger partial charge in [-0.1, -0.05) is 61.0 Å². The molecular formula is C17H19BrO. The number of benzene rings is 2. The van der Waals surface area contributed by atoms with Crippen molar-refractivity contribution in [3.8, 4) is 11.5 Å². The molecule has 0 aliphatic heterocycles. The highest BCUT2D eigenvalue weighted by atomic mass is 79.9. The predicted molar refractivity (Wildman–Crippen MR) is 84.3 cm³/mol. The second kappa shape index (κ2) is 5.79. The third kappa shape index (κ3) is 3.84. The molecular weight excluding hydrogens is 300 g/mol. The molecule has 0 fully saturated rings. The molecule has 2 heteroatoms. The maximum absolute atomic E-state index is 5.90. The van der Waals surface area contributed by atoms with Crippen LogP contribution in [-0.4, -0.2) is 0 Å². The normalized spacial score (nSPS) is 11.4. The third-order valence-corrected chi connectivity index (χ3v) is 3.66. The molecule has 0 bridgehead atoms. The monoisotopic (exact) mass is 318 g/mol. The summed E-state index contributed by atoms with van der Waals surface area (Å²) in [4.78, 5) is 0. The van der Waals surface area contributed by atoms with Crippen molar-refractivity contribution in [2.24, 2.45) is 0 Å². The molecule has 1 nitrogen and oxygen atoms in total. The molecule has 0 saturated heterocycles. The lowest BCUT2D eigenvalue weighted by Gasteiger charge is -2.19. The van der Waals surface area contributed by atoms with E-state index in [2.05, 4.69) is 61.0 Å². The fraction of sp³-hybridized carbons (Fsp3) is 0.294. The van der Waals surface area contributed by atoms with Gasteiger partial charge in [-0.15, -0.1) is 0 Å². The van der Waals surface area contributed by atoms with E-state index in [1.807, 2.05) is 24.3 Å². The Morgan fingerprint density at radius 2 is 1.63 bits per heavy atom. The zero-order valence-electron chi connectivity index (χ0n) is 11.6. The van der Waals surface area contributed by atoms with Crippen molar-refractivity contribution >= 4 is 15.9 Å². The summed E-state index contributed by atoms with van der Waals surface area (Å²) in [5, 5.41) is 0.868. The summed E-state index contributed by atoms with van der Waals surface area (Å²) in [6.45, 7) is 6.62. The van der Waals surface area contributed by atoms with Crippen molar-refractivity contribution in [1.82, 2.24) is 0 Å². The van der Waals surface area contributed by atoms with Crippen LogP contribution in [-0.2, 0) is 10.7 Å². The number of halogens is 1. The fourth-order valence-electron chi connectivity index (χ4n) is 1.81. The average molecular weight is 319 g/mol. The van der Waals surface area contributed by atoms with Crippen LogP contribution < -0.4 is 4.74 Å². The van der Waals surface area contributed by atoms with Crippen molar-refractivity contribution in [2.75, 3.05) is 0 Å². The molecule has 0 atom stereocenters. The number of alkyl halides is 1. The topological polar surface area (TPSA) is 9.23 Å². The van der Waals surface area contributed by atoms with E-state index in [4.69, 9.17) is 4.74 Å². The number of rotatable bonds is 3. The van der Waals surface area contributed by atoms with Crippen molar-refractivity contribution in [1.29, 1.82) is 0 Å². The Hall–Kier alpha value is -1.28. The summed E-state index contributed by atoms with van der Waals surface area (Å²) < 4.78 is 5.90. The Morgan fingerprint density at radius 1 is 0.947 bits per heavy atom. The van der Waals surface area contributed by atoms with Crippen molar-refractivity contribution in [2.45, 2.75) is 31.5 Å². The second-order valence-electron chi connectivity index (χ2n) is 5.66. The van der Waals surface area contributed by atoms with Gasteiger partial charge in [0.15, 0.2) is 0 Å². The minimum Gasteiger partial charge on any atom is -0.457 e. The SMILES string of the molecule is CC(C)(C)c1cccc(Oc2ccc(CBr)cc2)c1. The maximum atomic E-state index is 5.90. The van der Waals surface area contributed by atoms with Crippen LogP contribution in [0.2, 0.25) is 0 Å². The number of ether oxygens (including phenoxy) is 1. The van der Waals surface area contributed by atoms with E-state index in [9.17, 15) is 0 Å². The van der Waals surface area contributed by atoms with Gasteiger partial charge in [0, 0.05) is 5.33 Å². The highest BCUT2D eigenvalue weighted by Crippen LogP contribution is 2.28. The Kier molecular flexibility index (Phi) is 4.31. The minimum absolute atomic E-state index is 0.138. The lowest BCUT2D eigenvalue weighted by atomic mass is 9.87. The van der Waals surface area contributed by atoms with Crippen molar-refractivity contribution in [3.63, 3.8) is 0 Å². The smallest absolute Gasteiger partial charge is 0.127 e. The Morgan fingerprint density at radius 3 is 2.21 bits per heavy atom. The summed E-state index contributed by atoms with van der Waals surface area (Å²) in [6.07, 6.45) is 0. The zero-order chi connectivity index (χ0) is 13.9. The van der Waals surface area contributed by atoms with Gasteiger partial charge in [-0.25, -0.2) is 0 Å². The summed E-state index contributed by atoms with van der Waals surface area (Å²) in [6, 6.07) is 16.4. The predicted octanol–water partition coefficient (Wildman–Crippen LogP) is 5.67. The second-order valence-corrected chi connectivity index (χ2v) is 6.22. The number of hydrogen-bond acceptors (Lipinski definition) is 1. The first-order valence-corrected chi connectivity index (χ1v) is 7.54. The van der Waals surface area contributed by atoms with Gasteiger partial charge in [0.1, 0.15) is 11.5 Å². The Balaban J connectivity index is 2.18. The molecule has 0 aliphatic rings. The van der Waals surface area contributed by atoms with E-state index in [0.29, 0.717) is 0 Å². The first-order chi connectivity index (χ1) is 8.99. The van der Waals surface area contributed by atoms with E-state index < -0.39 is 0 Å². The van der Waals surface area contributed by atoms with Crippen LogP contribution in [0.4, 0.5) is 0 Å². The first-order valence-electron chi connectivity index (χ1n) is 6.42. The molecule has 0 aromatic heterocycles. The van der Waals surface area contributed by atoms with Crippen molar-refractivity contribution in [3.05, 3.63) is 59.7 Å². The lowest BCUT2D eigenvalue weighted by Crippen LogP contribution is -2.10. The molecule has 19 heavy (non-hydrogen) atoms. The molecule has 0 N–H and O–H groups in total. The summed E-state index contributed by atoms with van der Waals surface area (Å²) in [7, 11) is 0. The maximum Gasteiger partial charge on any atom is 0.127 e. The summed E-state index contributed by atoms with van der Waals surface area (Å²) >= 11 is 3.44. The highest BCUT2D eigenvalue weighted by Gasteiger charge is 2.14. The highest BCUT2D eigenvalue weighted by molar-refractivity contribution is 9.08. The van der Waals surface area contributed by atoms with Gasteiger partial charge in [-0.05, 0) is 40.8 Å². The minimum atomic E-state index is 0.138. The Labute approximate surface area is 123 Å². The molecule has 2 aromatic rings. The largest absolute Gasteiger partial charge is 0.457 e. The molecule has 2 aromatic carbocycles. The summed E-state index contributed by atoms with van der Waals surface area (Å²) in [5.74, 6) is 1.76. The molecule has 2 rings (SSSR count). The van der Waals surface area contributed by atoms with E-state index in [0.717, 1.165) is 16.8 Å². The average Bonchev–Trinajstić information content (AvgIpc) is 2.39. The zero-order valence-corrected chi connectivity index (χ0v) is 13.2. The first kappa shape index (κ1) is 14.1. The van der Waals surface area contributed by atoms with Crippen LogP contribution in [0, 0.1) is 0 Å². The van der Waals surface area contributed by atoms with E-state index in [-0.39, 0.29) is 5.41 Å². The van der Waals surface area contributed by atoms with Gasteiger partial charge in [0.25, 0.3) is 0 Å². The van der Waals surface area contributed by atoms with Crippen LogP contribution >= 0.6 is 15.9 Å². The van der Waals surface area contributed by atoms with Gasteiger partial charge in [-0.3, -0.25) is 0 Å². The van der Waals surface area contributed by atoms with Gasteiger partial charge >= 0.3 is 0 Å². The van der Waals surface area contributed by atoms with E-state index in [1.54, 1.807) is 0 Å². The summed E-state index contributed by atoms with van der Waals surface area (Å²) in [5.41, 5.74) is 2.66. The standard InChI is InChI=1S/C17H19BrO/c1-17(2,3)14-5-4-6-16(11-14)19-15-9-7-13(12-18)8-10-15/h4-11H,12H2,1-3H3. The van der Waals surface area contributed by atoms with Gasteiger partial charge in [-0.2, -0.15) is 0 Å². The third-order valence-electron chi connectivity index (χ3n) is 3.01. The molecule has 0 aliphatic carbocycles. The van der Waals surface area contributed by atoms with Crippen LogP contribution in [0.5, 0.6) is 11.5 Å². The Bertz CT molecular complexity index is 538. The number of hydrogen-bond donors (Lipinski definition) is 0. The molecule has 0 radical (unpaired) electrons. The van der Waals surface area contributed by atoms with Gasteiger partial charge < -0.3 is 4.74 Å². The lowest BCUT2D eigenvalue weighted by molar-refractivity contribution is 0.478. The molecule has 0 saturated carbocycles. The van der Waals surface area contributed by atoms with Crippen LogP contribution in [0.25, 0.3) is 0 Å². The van der Waals surface area contributed by atoms with E-state index >= 15 is 0 Å². The molecule has 0 unspecified atom stereocenters. The molecule has 0 heterocycles.